The molecule has 0 radical (unpaired) electrons. The minimum absolute atomic E-state index is 0.272. The Labute approximate surface area is 95.9 Å². The highest BCUT2D eigenvalue weighted by molar-refractivity contribution is 5.71. The van der Waals surface area contributed by atoms with Crippen molar-refractivity contribution in [2.24, 2.45) is 0 Å². The summed E-state index contributed by atoms with van der Waals surface area (Å²) < 4.78 is 5.60. The van der Waals surface area contributed by atoms with E-state index in [-0.39, 0.29) is 6.42 Å². The van der Waals surface area contributed by atoms with Crippen LogP contribution in [-0.2, 0) is 14.3 Å². The maximum Gasteiger partial charge on any atom is 0.308 e. The van der Waals surface area contributed by atoms with E-state index in [0.29, 0.717) is 11.0 Å². The Morgan fingerprint density at radius 2 is 1.94 bits per heavy atom. The molecular formula is C11H20NO4+. The average molecular weight is 230 g/mol. The zero-order valence-electron chi connectivity index (χ0n) is 10.3. The summed E-state index contributed by atoms with van der Waals surface area (Å²) >= 11 is 0. The highest BCUT2D eigenvalue weighted by Gasteiger charge is 2.38. The molecule has 0 aromatic carbocycles. The lowest BCUT2D eigenvalue weighted by atomic mass is 9.98. The number of aliphatic carboxylic acids is 1. The van der Waals surface area contributed by atoms with E-state index >= 15 is 0 Å². The quantitative estimate of drug-likeness (QED) is 0.413. The van der Waals surface area contributed by atoms with Crippen LogP contribution in [0.5, 0.6) is 0 Å². The molecular weight excluding hydrogens is 210 g/mol. The number of carboxylic acids is 1. The summed E-state index contributed by atoms with van der Waals surface area (Å²) in [6.07, 6.45) is 1.12. The van der Waals surface area contributed by atoms with Gasteiger partial charge >= 0.3 is 11.9 Å². The molecule has 1 atom stereocenters. The van der Waals surface area contributed by atoms with Crippen LogP contribution in [0.25, 0.3) is 0 Å². The molecule has 5 heteroatoms. The number of carbonyl (C=O) groups excluding carboxylic acids is 1. The van der Waals surface area contributed by atoms with Gasteiger partial charge in [0.15, 0.2) is 5.60 Å². The second-order valence-corrected chi connectivity index (χ2v) is 4.88. The van der Waals surface area contributed by atoms with Crippen molar-refractivity contribution >= 4 is 11.9 Å². The third-order valence-corrected chi connectivity index (χ3v) is 1.91. The van der Waals surface area contributed by atoms with E-state index in [1.165, 1.54) is 13.0 Å². The zero-order chi connectivity index (χ0) is 13.0. The number of carbonyl (C=O) groups is 2. The van der Waals surface area contributed by atoms with Crippen LogP contribution in [0.1, 0.15) is 13.3 Å². The van der Waals surface area contributed by atoms with Gasteiger partial charge in [0.05, 0.1) is 27.6 Å². The SMILES string of the molecule is C=CC(CC(=O)O)(C[N+](C)(C)C)OC(C)=O. The molecule has 5 nitrogen and oxygen atoms in total. The molecule has 16 heavy (non-hydrogen) atoms. The number of hydrogen-bond donors (Lipinski definition) is 1. The van der Waals surface area contributed by atoms with Crippen LogP contribution >= 0.6 is 0 Å². The predicted octanol–water partition coefficient (Wildman–Crippen LogP) is 0.655. The molecule has 0 rings (SSSR count). The fourth-order valence-corrected chi connectivity index (χ4v) is 1.65. The fourth-order valence-electron chi connectivity index (χ4n) is 1.65. The van der Waals surface area contributed by atoms with Gasteiger partial charge in [-0.05, 0) is 6.08 Å². The Kier molecular flexibility index (Phi) is 4.68. The van der Waals surface area contributed by atoms with Gasteiger partial charge in [0.25, 0.3) is 0 Å². The minimum atomic E-state index is -1.14. The first kappa shape index (κ1) is 14.6. The van der Waals surface area contributed by atoms with Crippen molar-refractivity contribution in [3.63, 3.8) is 0 Å². The molecule has 0 heterocycles. The lowest BCUT2D eigenvalue weighted by Crippen LogP contribution is -2.51. The highest BCUT2D eigenvalue weighted by Crippen LogP contribution is 2.21. The number of esters is 1. The Balaban J connectivity index is 5.02. The van der Waals surface area contributed by atoms with Crippen molar-refractivity contribution in [1.82, 2.24) is 0 Å². The van der Waals surface area contributed by atoms with Crippen LogP contribution in [0.3, 0.4) is 0 Å². The molecule has 0 aliphatic carbocycles. The number of rotatable bonds is 6. The second-order valence-electron chi connectivity index (χ2n) is 4.88. The summed E-state index contributed by atoms with van der Waals surface area (Å²) in [6.45, 7) is 5.20. The third-order valence-electron chi connectivity index (χ3n) is 1.91. The Morgan fingerprint density at radius 1 is 1.44 bits per heavy atom. The standard InChI is InChI=1S/C11H19NO4/c1-6-11(7-10(14)15,16-9(2)13)8-12(3,4)5/h6H,1,7-8H2,2-5H3/p+1. The van der Waals surface area contributed by atoms with Crippen molar-refractivity contribution in [3.8, 4) is 0 Å². The molecule has 0 bridgehead atoms. The first-order valence-electron chi connectivity index (χ1n) is 4.96. The molecule has 1 unspecified atom stereocenters. The van der Waals surface area contributed by atoms with Crippen molar-refractivity contribution in [3.05, 3.63) is 12.7 Å². The number of nitrogens with zero attached hydrogens (tertiary/aromatic N) is 1. The van der Waals surface area contributed by atoms with E-state index in [9.17, 15) is 9.59 Å². The van der Waals surface area contributed by atoms with Crippen LogP contribution in [0, 0.1) is 0 Å². The first-order chi connectivity index (χ1) is 7.10. The van der Waals surface area contributed by atoms with Gasteiger partial charge in [0.2, 0.25) is 0 Å². The molecule has 0 saturated carbocycles. The molecule has 0 saturated heterocycles. The molecule has 0 aliphatic heterocycles. The summed E-state index contributed by atoms with van der Waals surface area (Å²) in [4.78, 5) is 21.8. The van der Waals surface area contributed by atoms with Crippen molar-refractivity contribution < 1.29 is 23.9 Å². The number of hydrogen-bond acceptors (Lipinski definition) is 3. The van der Waals surface area contributed by atoms with Gasteiger partial charge in [-0.1, -0.05) is 6.58 Å². The number of likely N-dealkylation sites (N-methyl/N-ethyl adjacent to an activating group) is 1. The van der Waals surface area contributed by atoms with Gasteiger partial charge in [-0.3, -0.25) is 9.59 Å². The number of ether oxygens (including phenoxy) is 1. The van der Waals surface area contributed by atoms with Crippen LogP contribution in [0.15, 0.2) is 12.7 Å². The first-order valence-corrected chi connectivity index (χ1v) is 4.96. The maximum atomic E-state index is 11.0. The summed E-state index contributed by atoms with van der Waals surface area (Å²) in [5, 5.41) is 8.84. The summed E-state index contributed by atoms with van der Waals surface area (Å²) in [5.74, 6) is -1.52. The molecule has 92 valence electrons. The Hall–Kier alpha value is -1.36. The number of quaternary nitrogens is 1. The largest absolute Gasteiger partial charge is 0.481 e. The van der Waals surface area contributed by atoms with Gasteiger partial charge in [-0.25, -0.2) is 0 Å². The highest BCUT2D eigenvalue weighted by atomic mass is 16.6. The normalized spacial score (nSPS) is 15.0. The molecule has 0 aliphatic rings. The van der Waals surface area contributed by atoms with Crippen molar-refractivity contribution in [1.29, 1.82) is 0 Å². The van der Waals surface area contributed by atoms with Gasteiger partial charge in [0.1, 0.15) is 6.54 Å². The van der Waals surface area contributed by atoms with Crippen LogP contribution in [0.2, 0.25) is 0 Å². The molecule has 0 fully saturated rings. The van der Waals surface area contributed by atoms with E-state index in [0.717, 1.165) is 0 Å². The Bertz CT molecular complexity index is 275. The zero-order valence-corrected chi connectivity index (χ0v) is 10.3. The van der Waals surface area contributed by atoms with Gasteiger partial charge in [-0.15, -0.1) is 0 Å². The molecule has 1 N–H and O–H groups in total. The lowest BCUT2D eigenvalue weighted by Gasteiger charge is -2.35. The van der Waals surface area contributed by atoms with E-state index < -0.39 is 17.5 Å². The number of carboxylic acid groups (broad SMARTS) is 1. The van der Waals surface area contributed by atoms with E-state index in [1.54, 1.807) is 0 Å². The lowest BCUT2D eigenvalue weighted by molar-refractivity contribution is -0.875. The summed E-state index contributed by atoms with van der Waals surface area (Å²) in [7, 11) is 5.68. The average Bonchev–Trinajstić information content (AvgIpc) is 1.97. The predicted molar refractivity (Wildman–Crippen MR) is 59.8 cm³/mol. The maximum absolute atomic E-state index is 11.0. The third kappa shape index (κ3) is 5.50. The van der Waals surface area contributed by atoms with Crippen molar-refractivity contribution in [2.45, 2.75) is 18.9 Å². The molecule has 0 amide bonds. The van der Waals surface area contributed by atoms with Crippen LogP contribution < -0.4 is 0 Å². The van der Waals surface area contributed by atoms with Crippen LogP contribution in [-0.4, -0.2) is 54.8 Å². The fraction of sp³-hybridized carbons (Fsp3) is 0.636. The monoisotopic (exact) mass is 230 g/mol. The van der Waals surface area contributed by atoms with Gasteiger partial charge < -0.3 is 14.3 Å². The van der Waals surface area contributed by atoms with E-state index in [1.807, 2.05) is 21.1 Å². The molecule has 0 spiro atoms. The minimum Gasteiger partial charge on any atom is -0.481 e. The van der Waals surface area contributed by atoms with Crippen LogP contribution in [0.4, 0.5) is 0 Å². The van der Waals surface area contributed by atoms with Gasteiger partial charge in [-0.2, -0.15) is 0 Å². The Morgan fingerprint density at radius 3 is 2.19 bits per heavy atom. The second kappa shape index (κ2) is 5.12. The smallest absolute Gasteiger partial charge is 0.308 e. The molecule has 0 aromatic heterocycles. The topological polar surface area (TPSA) is 63.6 Å². The van der Waals surface area contributed by atoms with Crippen molar-refractivity contribution in [2.75, 3.05) is 27.7 Å². The summed E-state index contributed by atoms with van der Waals surface area (Å²) in [6, 6.07) is 0. The summed E-state index contributed by atoms with van der Waals surface area (Å²) in [5.41, 5.74) is -1.14. The van der Waals surface area contributed by atoms with E-state index in [4.69, 9.17) is 9.84 Å². The van der Waals surface area contributed by atoms with Gasteiger partial charge in [0, 0.05) is 6.92 Å². The van der Waals surface area contributed by atoms with E-state index in [2.05, 4.69) is 6.58 Å². The molecule has 0 aromatic rings.